The summed E-state index contributed by atoms with van der Waals surface area (Å²) in [5, 5.41) is 9.52. The lowest BCUT2D eigenvalue weighted by Gasteiger charge is -2.09. The van der Waals surface area contributed by atoms with Gasteiger partial charge in [0.15, 0.2) is 0 Å². The van der Waals surface area contributed by atoms with Gasteiger partial charge < -0.3 is 9.84 Å². The Hall–Kier alpha value is -1.22. The third-order valence-corrected chi connectivity index (χ3v) is 3.16. The maximum Gasteiger partial charge on any atom is 0.339 e. The molecular weight excluding hydrogens is 264 g/mol. The van der Waals surface area contributed by atoms with Gasteiger partial charge in [-0.2, -0.15) is 0 Å². The lowest BCUT2D eigenvalue weighted by atomic mass is 10.1. The molecule has 1 rings (SSSR count). The van der Waals surface area contributed by atoms with Crippen LogP contribution in [0.2, 0.25) is 5.02 Å². The van der Waals surface area contributed by atoms with Crippen molar-refractivity contribution in [3.8, 4) is 5.75 Å². The van der Waals surface area contributed by atoms with E-state index in [2.05, 4.69) is 6.92 Å². The number of hydrogen-bond donors (Lipinski definition) is 1. The summed E-state index contributed by atoms with van der Waals surface area (Å²) in [4.78, 5) is 11.0. The van der Waals surface area contributed by atoms with Gasteiger partial charge in [0.05, 0.1) is 6.61 Å². The van der Waals surface area contributed by atoms with Crippen molar-refractivity contribution < 1.29 is 14.6 Å². The molecule has 1 N–H and O–H groups in total. The van der Waals surface area contributed by atoms with Crippen molar-refractivity contribution >= 4 is 17.6 Å². The number of rotatable bonds is 9. The second-order valence-corrected chi connectivity index (χ2v) is 5.00. The van der Waals surface area contributed by atoms with E-state index in [1.807, 2.05) is 0 Å². The Labute approximate surface area is 119 Å². The Morgan fingerprint density at radius 3 is 2.58 bits per heavy atom. The highest BCUT2D eigenvalue weighted by atomic mass is 35.5. The van der Waals surface area contributed by atoms with Gasteiger partial charge in [-0.1, -0.05) is 50.6 Å². The van der Waals surface area contributed by atoms with E-state index >= 15 is 0 Å². The maximum absolute atomic E-state index is 11.0. The van der Waals surface area contributed by atoms with Crippen LogP contribution in [0.1, 0.15) is 55.8 Å². The van der Waals surface area contributed by atoms with Crippen LogP contribution < -0.4 is 4.74 Å². The number of aromatic carboxylic acids is 1. The second kappa shape index (κ2) is 8.81. The van der Waals surface area contributed by atoms with Crippen LogP contribution in [0.25, 0.3) is 0 Å². The predicted molar refractivity (Wildman–Crippen MR) is 77.3 cm³/mol. The normalized spacial score (nSPS) is 10.4. The van der Waals surface area contributed by atoms with Crippen molar-refractivity contribution in [2.45, 2.75) is 45.4 Å². The molecular formula is C15H21ClO3. The van der Waals surface area contributed by atoms with Crippen molar-refractivity contribution in [1.82, 2.24) is 0 Å². The lowest BCUT2D eigenvalue weighted by molar-refractivity contribution is 0.0692. The van der Waals surface area contributed by atoms with Crippen molar-refractivity contribution in [3.63, 3.8) is 0 Å². The molecule has 0 bridgehead atoms. The summed E-state index contributed by atoms with van der Waals surface area (Å²) in [5.41, 5.74) is 0.162. The number of hydrogen-bond acceptors (Lipinski definition) is 2. The maximum atomic E-state index is 11.0. The topological polar surface area (TPSA) is 46.5 Å². The molecule has 0 aliphatic rings. The van der Waals surface area contributed by atoms with Crippen LogP contribution in [0.3, 0.4) is 0 Å². The van der Waals surface area contributed by atoms with Gasteiger partial charge in [0, 0.05) is 5.02 Å². The molecule has 0 saturated heterocycles. The first-order chi connectivity index (χ1) is 9.15. The Morgan fingerprint density at radius 1 is 1.21 bits per heavy atom. The molecule has 1 aromatic carbocycles. The smallest absolute Gasteiger partial charge is 0.339 e. The van der Waals surface area contributed by atoms with Gasteiger partial charge >= 0.3 is 5.97 Å². The molecule has 19 heavy (non-hydrogen) atoms. The lowest BCUT2D eigenvalue weighted by Crippen LogP contribution is -2.04. The van der Waals surface area contributed by atoms with E-state index < -0.39 is 5.97 Å². The van der Waals surface area contributed by atoms with Crippen molar-refractivity contribution in [1.29, 1.82) is 0 Å². The highest BCUT2D eigenvalue weighted by Gasteiger charge is 2.11. The number of halogens is 1. The quantitative estimate of drug-likeness (QED) is 0.664. The largest absolute Gasteiger partial charge is 0.493 e. The summed E-state index contributed by atoms with van der Waals surface area (Å²) in [5.74, 6) is -0.636. The molecule has 0 unspecified atom stereocenters. The number of carboxylic acids is 1. The molecule has 3 nitrogen and oxygen atoms in total. The Bertz CT molecular complexity index is 404. The number of carbonyl (C=O) groups is 1. The van der Waals surface area contributed by atoms with E-state index in [1.54, 1.807) is 12.1 Å². The first kappa shape index (κ1) is 15.8. The zero-order valence-electron chi connectivity index (χ0n) is 11.3. The highest BCUT2D eigenvalue weighted by molar-refractivity contribution is 6.30. The minimum Gasteiger partial charge on any atom is -0.493 e. The average Bonchev–Trinajstić information content (AvgIpc) is 2.37. The summed E-state index contributed by atoms with van der Waals surface area (Å²) < 4.78 is 5.52. The summed E-state index contributed by atoms with van der Waals surface area (Å²) in [6, 6.07) is 4.59. The molecule has 0 aliphatic heterocycles. The molecule has 106 valence electrons. The molecule has 4 heteroatoms. The standard InChI is InChI=1S/C15H21ClO3/c1-2-3-4-5-6-7-10-19-14-11-12(16)8-9-13(14)15(17)18/h8-9,11H,2-7,10H2,1H3,(H,17,18). The van der Waals surface area contributed by atoms with Crippen LogP contribution in [0.4, 0.5) is 0 Å². The molecule has 0 amide bonds. The van der Waals surface area contributed by atoms with Crippen LogP contribution in [0.15, 0.2) is 18.2 Å². The van der Waals surface area contributed by atoms with Crippen LogP contribution in [0, 0.1) is 0 Å². The van der Waals surface area contributed by atoms with Gasteiger partial charge in [-0.15, -0.1) is 0 Å². The first-order valence-corrected chi connectivity index (χ1v) is 7.18. The fraction of sp³-hybridized carbons (Fsp3) is 0.533. The van der Waals surface area contributed by atoms with Crippen LogP contribution in [-0.2, 0) is 0 Å². The van der Waals surface area contributed by atoms with Crippen molar-refractivity contribution in [2.75, 3.05) is 6.61 Å². The molecule has 0 aromatic heterocycles. The van der Waals surface area contributed by atoms with Gasteiger partial charge in [-0.05, 0) is 24.6 Å². The summed E-state index contributed by atoms with van der Waals surface area (Å²) in [7, 11) is 0. The van der Waals surface area contributed by atoms with E-state index in [9.17, 15) is 4.79 Å². The zero-order valence-corrected chi connectivity index (χ0v) is 12.1. The fourth-order valence-corrected chi connectivity index (χ4v) is 2.02. The van der Waals surface area contributed by atoms with E-state index in [-0.39, 0.29) is 5.56 Å². The van der Waals surface area contributed by atoms with Crippen molar-refractivity contribution in [2.24, 2.45) is 0 Å². The van der Waals surface area contributed by atoms with E-state index in [0.717, 1.165) is 12.8 Å². The number of ether oxygens (including phenoxy) is 1. The molecule has 0 fully saturated rings. The first-order valence-electron chi connectivity index (χ1n) is 6.80. The Balaban J connectivity index is 2.36. The molecule has 0 radical (unpaired) electrons. The number of unbranched alkanes of at least 4 members (excludes halogenated alkanes) is 5. The molecule has 0 heterocycles. The van der Waals surface area contributed by atoms with Crippen LogP contribution >= 0.6 is 11.6 Å². The number of benzene rings is 1. The third-order valence-electron chi connectivity index (χ3n) is 2.93. The summed E-state index contributed by atoms with van der Waals surface area (Å²) in [6.45, 7) is 2.72. The van der Waals surface area contributed by atoms with Crippen molar-refractivity contribution in [3.05, 3.63) is 28.8 Å². The molecule has 0 atom stereocenters. The van der Waals surface area contributed by atoms with Gasteiger partial charge in [-0.3, -0.25) is 0 Å². The minimum absolute atomic E-state index is 0.162. The average molecular weight is 285 g/mol. The summed E-state index contributed by atoms with van der Waals surface area (Å²) in [6.07, 6.45) is 7.03. The molecule has 0 saturated carbocycles. The van der Waals surface area contributed by atoms with Crippen LogP contribution in [-0.4, -0.2) is 17.7 Å². The van der Waals surface area contributed by atoms with Gasteiger partial charge in [-0.25, -0.2) is 4.79 Å². The zero-order chi connectivity index (χ0) is 14.1. The SMILES string of the molecule is CCCCCCCCOc1cc(Cl)ccc1C(=O)O. The van der Waals surface area contributed by atoms with E-state index in [4.69, 9.17) is 21.4 Å². The van der Waals surface area contributed by atoms with E-state index in [0.29, 0.717) is 17.4 Å². The van der Waals surface area contributed by atoms with Gasteiger partial charge in [0.2, 0.25) is 0 Å². The second-order valence-electron chi connectivity index (χ2n) is 4.56. The van der Waals surface area contributed by atoms with Crippen LogP contribution in [0.5, 0.6) is 5.75 Å². The Kier molecular flexibility index (Phi) is 7.34. The van der Waals surface area contributed by atoms with Gasteiger partial charge in [0.25, 0.3) is 0 Å². The van der Waals surface area contributed by atoms with Gasteiger partial charge in [0.1, 0.15) is 11.3 Å². The fourth-order valence-electron chi connectivity index (χ4n) is 1.86. The highest BCUT2D eigenvalue weighted by Crippen LogP contribution is 2.23. The molecule has 0 aliphatic carbocycles. The Morgan fingerprint density at radius 2 is 1.89 bits per heavy atom. The molecule has 1 aromatic rings. The summed E-state index contributed by atoms with van der Waals surface area (Å²) >= 11 is 5.85. The monoisotopic (exact) mass is 284 g/mol. The third kappa shape index (κ3) is 5.97. The predicted octanol–water partition coefficient (Wildman–Crippen LogP) is 4.78. The molecule has 0 spiro atoms. The minimum atomic E-state index is -0.991. The number of carboxylic acid groups (broad SMARTS) is 1. The van der Waals surface area contributed by atoms with E-state index in [1.165, 1.54) is 31.7 Å².